The fraction of sp³-hybridized carbons (Fsp3) is 0.133. The van der Waals surface area contributed by atoms with Crippen LogP contribution in [0.2, 0.25) is 0 Å². The summed E-state index contributed by atoms with van der Waals surface area (Å²) in [6.45, 7) is 4.00. The maximum Gasteiger partial charge on any atom is 0.257 e. The van der Waals surface area contributed by atoms with Crippen LogP contribution in [-0.4, -0.2) is 15.9 Å². The number of hydrogen-bond donors (Lipinski definition) is 1. The van der Waals surface area contributed by atoms with Gasteiger partial charge in [0.15, 0.2) is 5.13 Å². The van der Waals surface area contributed by atoms with Crippen molar-refractivity contribution in [2.24, 2.45) is 0 Å². The Balaban J connectivity index is 1.83. The standard InChI is InChI=1S/C15H12FN3OS2/c1-8-3-4-11(21-8)13-9(2)22-15(18-13)19-14(20)10-5-6-17-12(16)7-10/h3-7H,1-2H3,(H,18,19,20). The van der Waals surface area contributed by atoms with E-state index in [0.29, 0.717) is 5.13 Å². The molecule has 7 heteroatoms. The van der Waals surface area contributed by atoms with E-state index in [4.69, 9.17) is 0 Å². The van der Waals surface area contributed by atoms with E-state index in [-0.39, 0.29) is 5.56 Å². The van der Waals surface area contributed by atoms with Crippen molar-refractivity contribution >= 4 is 33.7 Å². The molecule has 0 aliphatic heterocycles. The van der Waals surface area contributed by atoms with Crippen LogP contribution in [-0.2, 0) is 0 Å². The molecule has 0 radical (unpaired) electrons. The smallest absolute Gasteiger partial charge is 0.257 e. The second kappa shape index (κ2) is 5.94. The Hall–Kier alpha value is -2.12. The Morgan fingerprint density at radius 2 is 2.05 bits per heavy atom. The minimum Gasteiger partial charge on any atom is -0.298 e. The van der Waals surface area contributed by atoms with Gasteiger partial charge in [0.1, 0.15) is 0 Å². The molecule has 4 nitrogen and oxygen atoms in total. The second-order valence-electron chi connectivity index (χ2n) is 4.66. The summed E-state index contributed by atoms with van der Waals surface area (Å²) in [5.41, 5.74) is 1.09. The zero-order valence-electron chi connectivity index (χ0n) is 11.9. The molecule has 3 rings (SSSR count). The van der Waals surface area contributed by atoms with Crippen LogP contribution in [0.4, 0.5) is 9.52 Å². The van der Waals surface area contributed by atoms with Crippen molar-refractivity contribution in [3.8, 4) is 10.6 Å². The van der Waals surface area contributed by atoms with E-state index in [1.807, 2.05) is 26.0 Å². The topological polar surface area (TPSA) is 54.9 Å². The molecule has 112 valence electrons. The molecule has 0 spiro atoms. The minimum atomic E-state index is -0.683. The fourth-order valence-electron chi connectivity index (χ4n) is 1.95. The van der Waals surface area contributed by atoms with Crippen molar-refractivity contribution in [1.29, 1.82) is 0 Å². The molecule has 1 N–H and O–H groups in total. The van der Waals surface area contributed by atoms with Gasteiger partial charge in [0.05, 0.1) is 10.6 Å². The lowest BCUT2D eigenvalue weighted by molar-refractivity contribution is 0.102. The zero-order valence-corrected chi connectivity index (χ0v) is 13.5. The number of aryl methyl sites for hydroxylation is 2. The van der Waals surface area contributed by atoms with Crippen molar-refractivity contribution in [2.45, 2.75) is 13.8 Å². The van der Waals surface area contributed by atoms with E-state index < -0.39 is 11.9 Å². The molecular weight excluding hydrogens is 321 g/mol. The third-order valence-corrected chi connectivity index (χ3v) is 4.87. The Morgan fingerprint density at radius 3 is 2.73 bits per heavy atom. The summed E-state index contributed by atoms with van der Waals surface area (Å²) in [7, 11) is 0. The molecule has 0 bridgehead atoms. The quantitative estimate of drug-likeness (QED) is 0.728. The molecule has 3 heterocycles. The number of amides is 1. The van der Waals surface area contributed by atoms with E-state index in [1.54, 1.807) is 11.3 Å². The predicted octanol–water partition coefficient (Wildman–Crippen LogP) is 4.27. The summed E-state index contributed by atoms with van der Waals surface area (Å²) < 4.78 is 13.1. The minimum absolute atomic E-state index is 0.217. The molecule has 3 aromatic heterocycles. The summed E-state index contributed by atoms with van der Waals surface area (Å²) in [5, 5.41) is 3.20. The molecule has 3 aromatic rings. The van der Waals surface area contributed by atoms with E-state index in [1.165, 1.54) is 28.5 Å². The van der Waals surface area contributed by atoms with E-state index in [0.717, 1.165) is 21.5 Å². The van der Waals surface area contributed by atoms with Gasteiger partial charge in [0.25, 0.3) is 5.91 Å². The van der Waals surface area contributed by atoms with Crippen LogP contribution in [0, 0.1) is 19.8 Å². The Kier molecular flexibility index (Phi) is 4.00. The Bertz CT molecular complexity index is 841. The highest BCUT2D eigenvalue weighted by atomic mass is 32.1. The maximum atomic E-state index is 13.1. The van der Waals surface area contributed by atoms with Gasteiger partial charge < -0.3 is 0 Å². The SMILES string of the molecule is Cc1ccc(-c2nc(NC(=O)c3ccnc(F)c3)sc2C)s1. The second-order valence-corrected chi connectivity index (χ2v) is 7.15. The van der Waals surface area contributed by atoms with Crippen LogP contribution in [0.15, 0.2) is 30.5 Å². The molecule has 0 fully saturated rings. The lowest BCUT2D eigenvalue weighted by atomic mass is 10.2. The third kappa shape index (κ3) is 3.05. The first-order chi connectivity index (χ1) is 10.5. The van der Waals surface area contributed by atoms with Crippen LogP contribution in [0.5, 0.6) is 0 Å². The molecule has 0 atom stereocenters. The summed E-state index contributed by atoms with van der Waals surface area (Å²) >= 11 is 3.06. The predicted molar refractivity (Wildman–Crippen MR) is 87.0 cm³/mol. The van der Waals surface area contributed by atoms with Gasteiger partial charge in [-0.1, -0.05) is 0 Å². The van der Waals surface area contributed by atoms with Crippen LogP contribution in [0.25, 0.3) is 10.6 Å². The Labute approximate surface area is 134 Å². The number of nitrogens with one attached hydrogen (secondary N) is 1. The lowest BCUT2D eigenvalue weighted by Crippen LogP contribution is -2.12. The molecule has 0 aliphatic rings. The molecule has 1 amide bonds. The van der Waals surface area contributed by atoms with Gasteiger partial charge in [-0.15, -0.1) is 22.7 Å². The van der Waals surface area contributed by atoms with Crippen LogP contribution in [0.3, 0.4) is 0 Å². The van der Waals surface area contributed by atoms with Gasteiger partial charge in [-0.2, -0.15) is 4.39 Å². The fourth-order valence-corrected chi connectivity index (χ4v) is 3.76. The van der Waals surface area contributed by atoms with Gasteiger partial charge in [-0.25, -0.2) is 9.97 Å². The molecule has 0 aromatic carbocycles. The highest BCUT2D eigenvalue weighted by Gasteiger charge is 2.14. The van der Waals surface area contributed by atoms with E-state index in [9.17, 15) is 9.18 Å². The zero-order chi connectivity index (χ0) is 15.7. The van der Waals surface area contributed by atoms with Gasteiger partial charge in [0, 0.05) is 27.6 Å². The average Bonchev–Trinajstić information content (AvgIpc) is 3.05. The molecular formula is C15H12FN3OS2. The van der Waals surface area contributed by atoms with Gasteiger partial charge in [0.2, 0.25) is 5.95 Å². The number of rotatable bonds is 3. The first kappa shape index (κ1) is 14.8. The summed E-state index contributed by atoms with van der Waals surface area (Å²) in [6.07, 6.45) is 1.26. The largest absolute Gasteiger partial charge is 0.298 e. The lowest BCUT2D eigenvalue weighted by Gasteiger charge is -2.00. The van der Waals surface area contributed by atoms with Crippen LogP contribution >= 0.6 is 22.7 Å². The number of hydrogen-bond acceptors (Lipinski definition) is 5. The van der Waals surface area contributed by atoms with E-state index >= 15 is 0 Å². The highest BCUT2D eigenvalue weighted by molar-refractivity contribution is 7.18. The monoisotopic (exact) mass is 333 g/mol. The van der Waals surface area contributed by atoms with Gasteiger partial charge >= 0.3 is 0 Å². The normalized spacial score (nSPS) is 10.7. The molecule has 0 saturated carbocycles. The van der Waals surface area contributed by atoms with E-state index in [2.05, 4.69) is 15.3 Å². The number of thiophene rings is 1. The summed E-state index contributed by atoms with van der Waals surface area (Å²) in [4.78, 5) is 23.3. The maximum absolute atomic E-state index is 13.1. The van der Waals surface area contributed by atoms with Crippen molar-refractivity contribution in [3.63, 3.8) is 0 Å². The average molecular weight is 333 g/mol. The summed E-state index contributed by atoms with van der Waals surface area (Å²) in [5.74, 6) is -1.08. The van der Waals surface area contributed by atoms with Gasteiger partial charge in [-0.3, -0.25) is 10.1 Å². The third-order valence-electron chi connectivity index (χ3n) is 2.98. The number of carbonyl (C=O) groups is 1. The first-order valence-electron chi connectivity index (χ1n) is 6.50. The summed E-state index contributed by atoms with van der Waals surface area (Å²) in [6, 6.07) is 6.62. The number of nitrogens with zero attached hydrogens (tertiary/aromatic N) is 2. The molecule has 0 saturated heterocycles. The Morgan fingerprint density at radius 1 is 1.23 bits per heavy atom. The number of pyridine rings is 1. The first-order valence-corrected chi connectivity index (χ1v) is 8.13. The van der Waals surface area contributed by atoms with Crippen LogP contribution < -0.4 is 5.32 Å². The van der Waals surface area contributed by atoms with Crippen molar-refractivity contribution in [1.82, 2.24) is 9.97 Å². The van der Waals surface area contributed by atoms with Crippen molar-refractivity contribution in [3.05, 3.63) is 51.7 Å². The van der Waals surface area contributed by atoms with Crippen molar-refractivity contribution in [2.75, 3.05) is 5.32 Å². The van der Waals surface area contributed by atoms with Crippen LogP contribution in [0.1, 0.15) is 20.1 Å². The van der Waals surface area contributed by atoms with Crippen molar-refractivity contribution < 1.29 is 9.18 Å². The number of thiazole rings is 1. The number of aromatic nitrogens is 2. The number of anilines is 1. The van der Waals surface area contributed by atoms with Gasteiger partial charge in [-0.05, 0) is 32.0 Å². The molecule has 22 heavy (non-hydrogen) atoms. The highest BCUT2D eigenvalue weighted by Crippen LogP contribution is 2.34. The molecule has 0 unspecified atom stereocenters. The molecule has 0 aliphatic carbocycles. The number of carbonyl (C=O) groups excluding carboxylic acids is 1. The number of halogens is 1.